The lowest BCUT2D eigenvalue weighted by atomic mass is 9.95. The minimum absolute atomic E-state index is 0.0375. The largest absolute Gasteiger partial charge is 0.461 e. The molecule has 2 saturated heterocycles. The zero-order chi connectivity index (χ0) is 41.9. The van der Waals surface area contributed by atoms with Crippen molar-refractivity contribution < 1.29 is 46.9 Å². The second-order valence-corrected chi connectivity index (χ2v) is 15.7. The fraction of sp³-hybridized carbons (Fsp3) is 0.348. The van der Waals surface area contributed by atoms with Gasteiger partial charge in [-0.1, -0.05) is 54.6 Å². The first-order valence-electron chi connectivity index (χ1n) is 20.2. The summed E-state index contributed by atoms with van der Waals surface area (Å²) in [6, 6.07) is 17.2. The summed E-state index contributed by atoms with van der Waals surface area (Å²) < 4.78 is 52.5. The SMILES string of the molecule is CC(=O)OC1C[C@@H](Cc2c(-c3[nH]c4cc(F)ccc4c3C[C@@H]3C[C@H](OC(C)=O)CN3C(=O)OCC3C=CC=CC3)[nH]c3cc(F)ccc23)N(C(=O)OCc2ccccc2)C1. The van der Waals surface area contributed by atoms with Crippen molar-refractivity contribution in [1.82, 2.24) is 19.8 Å². The number of aromatic nitrogens is 2. The van der Waals surface area contributed by atoms with Crippen molar-refractivity contribution in [3.8, 4) is 11.4 Å². The number of rotatable bonds is 11. The summed E-state index contributed by atoms with van der Waals surface area (Å²) in [6.45, 7) is 3.13. The van der Waals surface area contributed by atoms with E-state index >= 15 is 0 Å². The second kappa shape index (κ2) is 17.4. The summed E-state index contributed by atoms with van der Waals surface area (Å²) in [5.74, 6) is -1.82. The average Bonchev–Trinajstić information content (AvgIpc) is 3.99. The molecule has 0 spiro atoms. The van der Waals surface area contributed by atoms with Crippen LogP contribution in [-0.4, -0.2) is 87.9 Å². The summed E-state index contributed by atoms with van der Waals surface area (Å²) in [6.07, 6.45) is 7.53. The van der Waals surface area contributed by atoms with Crippen LogP contribution in [0.3, 0.4) is 0 Å². The van der Waals surface area contributed by atoms with Gasteiger partial charge < -0.3 is 38.7 Å². The molecular weight excluding hydrogens is 775 g/mol. The smallest absolute Gasteiger partial charge is 0.410 e. The quantitative estimate of drug-likeness (QED) is 0.100. The predicted molar refractivity (Wildman–Crippen MR) is 219 cm³/mol. The highest BCUT2D eigenvalue weighted by Gasteiger charge is 2.41. The molecule has 2 unspecified atom stereocenters. The molecule has 2 aliphatic heterocycles. The number of allylic oxidation sites excluding steroid dienone is 3. The first-order chi connectivity index (χ1) is 29.0. The highest BCUT2D eigenvalue weighted by molar-refractivity contribution is 5.96. The van der Waals surface area contributed by atoms with E-state index in [2.05, 4.69) is 9.97 Å². The van der Waals surface area contributed by atoms with Crippen LogP contribution in [0.2, 0.25) is 0 Å². The monoisotopic (exact) mass is 820 g/mol. The maximum Gasteiger partial charge on any atom is 0.410 e. The van der Waals surface area contributed by atoms with Gasteiger partial charge in [0.15, 0.2) is 0 Å². The van der Waals surface area contributed by atoms with Crippen molar-refractivity contribution in [3.05, 3.63) is 119 Å². The highest BCUT2D eigenvalue weighted by atomic mass is 19.1. The summed E-state index contributed by atoms with van der Waals surface area (Å²) >= 11 is 0. The lowest BCUT2D eigenvalue weighted by molar-refractivity contribution is -0.146. The molecule has 2 amide bonds. The topological polar surface area (TPSA) is 143 Å². The molecule has 8 rings (SSSR count). The Hall–Kier alpha value is -6.44. The second-order valence-electron chi connectivity index (χ2n) is 15.7. The number of ether oxygens (including phenoxy) is 4. The Kier molecular flexibility index (Phi) is 11.7. The van der Waals surface area contributed by atoms with E-state index in [4.69, 9.17) is 18.9 Å². The molecule has 14 heteroatoms. The van der Waals surface area contributed by atoms with Crippen LogP contribution < -0.4 is 0 Å². The van der Waals surface area contributed by atoms with E-state index in [1.54, 1.807) is 21.9 Å². The van der Waals surface area contributed by atoms with Crippen molar-refractivity contribution in [2.75, 3.05) is 19.7 Å². The van der Waals surface area contributed by atoms with Crippen LogP contribution in [0.1, 0.15) is 49.8 Å². The summed E-state index contributed by atoms with van der Waals surface area (Å²) in [7, 11) is 0. The van der Waals surface area contributed by atoms with Gasteiger partial charge in [-0.05, 0) is 72.4 Å². The number of esters is 2. The Labute approximate surface area is 345 Å². The fourth-order valence-corrected chi connectivity index (χ4v) is 8.82. The summed E-state index contributed by atoms with van der Waals surface area (Å²) in [5, 5.41) is 1.40. The Morgan fingerprint density at radius 3 is 1.73 bits per heavy atom. The minimum atomic E-state index is -0.585. The third-order valence-electron chi connectivity index (χ3n) is 11.4. The summed E-state index contributed by atoms with van der Waals surface area (Å²) in [4.78, 5) is 61.7. The number of H-pyrrole nitrogens is 2. The zero-order valence-electron chi connectivity index (χ0n) is 33.3. The van der Waals surface area contributed by atoms with Gasteiger partial charge in [0.2, 0.25) is 0 Å². The van der Waals surface area contributed by atoms with Gasteiger partial charge in [0.1, 0.15) is 30.4 Å². The molecular formula is C46H46F2N4O8. The van der Waals surface area contributed by atoms with Gasteiger partial charge in [0.05, 0.1) is 31.1 Å². The maximum absolute atomic E-state index is 14.9. The Morgan fingerprint density at radius 1 is 0.700 bits per heavy atom. The van der Waals surface area contributed by atoms with Gasteiger partial charge in [-0.15, -0.1) is 0 Å². The van der Waals surface area contributed by atoms with Gasteiger partial charge in [0, 0.05) is 66.5 Å². The van der Waals surface area contributed by atoms with Crippen LogP contribution >= 0.6 is 0 Å². The molecule has 1 aliphatic carbocycles. The van der Waals surface area contributed by atoms with E-state index in [-0.39, 0.29) is 45.1 Å². The molecule has 0 radical (unpaired) electrons. The van der Waals surface area contributed by atoms with Crippen molar-refractivity contribution in [3.63, 3.8) is 0 Å². The lowest BCUT2D eigenvalue weighted by Crippen LogP contribution is -2.38. The number of nitrogens with zero attached hydrogens (tertiary/aromatic N) is 2. The van der Waals surface area contributed by atoms with E-state index in [9.17, 15) is 28.0 Å². The number of aromatic amines is 2. The third kappa shape index (κ3) is 8.92. The number of halogens is 2. The van der Waals surface area contributed by atoms with Gasteiger partial charge >= 0.3 is 24.1 Å². The van der Waals surface area contributed by atoms with Gasteiger partial charge in [0.25, 0.3) is 0 Å². The van der Waals surface area contributed by atoms with Crippen LogP contribution in [-0.2, 0) is 48.0 Å². The molecule has 2 N–H and O–H groups in total. The van der Waals surface area contributed by atoms with Crippen molar-refractivity contribution in [2.24, 2.45) is 5.92 Å². The minimum Gasteiger partial charge on any atom is -0.461 e. The zero-order valence-corrected chi connectivity index (χ0v) is 33.3. The van der Waals surface area contributed by atoms with Gasteiger partial charge in [-0.25, -0.2) is 18.4 Å². The normalized spacial score (nSPS) is 21.2. The van der Waals surface area contributed by atoms with Crippen LogP contribution in [0.15, 0.2) is 91.0 Å². The molecule has 12 nitrogen and oxygen atoms in total. The molecule has 2 fully saturated rings. The number of fused-ring (bicyclic) bond motifs is 2. The standard InChI is InChI=1S/C46H46F2N4O8/c1-27(53)59-35-19-33(51(23-35)45(55)57-25-29-9-5-3-6-10-29)21-39-37-15-13-31(47)17-41(37)49-43(39)44-40(38-16-14-32(48)18-42(38)50-44)22-34-20-36(60-28(2)54)24-52(34)46(56)58-26-30-11-7-4-8-12-30/h3-11,13-18,30,33-36,49-50H,12,19-26H2,1-2H3/t30?,33-,34-,35?,36-/m0/s1. The van der Waals surface area contributed by atoms with E-state index in [0.717, 1.165) is 23.1 Å². The number of amides is 2. The molecule has 0 saturated carbocycles. The number of nitrogens with one attached hydrogen (secondary N) is 2. The van der Waals surface area contributed by atoms with E-state index < -0.39 is 60.1 Å². The van der Waals surface area contributed by atoms with Crippen LogP contribution in [0, 0.1) is 17.6 Å². The number of hydrogen-bond donors (Lipinski definition) is 2. The third-order valence-corrected chi connectivity index (χ3v) is 11.4. The molecule has 312 valence electrons. The molecule has 60 heavy (non-hydrogen) atoms. The summed E-state index contributed by atoms with van der Waals surface area (Å²) in [5.41, 5.74) is 4.45. The van der Waals surface area contributed by atoms with E-state index in [0.29, 0.717) is 46.0 Å². The first-order valence-corrected chi connectivity index (χ1v) is 20.2. The first kappa shape index (κ1) is 40.3. The number of carbonyl (C=O) groups is 4. The number of carbonyl (C=O) groups excluding carboxylic acids is 4. The number of likely N-dealkylation sites (tertiary alicyclic amines) is 2. The molecule has 5 aromatic rings. The molecule has 2 aromatic heterocycles. The molecule has 4 heterocycles. The van der Waals surface area contributed by atoms with E-state index in [1.807, 2.05) is 54.6 Å². The van der Waals surface area contributed by atoms with Crippen molar-refractivity contribution in [1.29, 1.82) is 0 Å². The molecule has 0 bridgehead atoms. The molecule has 3 aliphatic rings. The van der Waals surface area contributed by atoms with Crippen molar-refractivity contribution in [2.45, 2.75) is 76.9 Å². The van der Waals surface area contributed by atoms with Gasteiger partial charge in [-0.2, -0.15) is 0 Å². The Morgan fingerprint density at radius 2 is 1.23 bits per heavy atom. The van der Waals surface area contributed by atoms with Crippen LogP contribution in [0.25, 0.3) is 33.2 Å². The van der Waals surface area contributed by atoms with Crippen LogP contribution in [0.5, 0.6) is 0 Å². The Bertz CT molecular complexity index is 2480. The number of hydrogen-bond acceptors (Lipinski definition) is 8. The van der Waals surface area contributed by atoms with Crippen molar-refractivity contribution >= 4 is 45.9 Å². The Balaban J connectivity index is 1.16. The van der Waals surface area contributed by atoms with E-state index in [1.165, 1.54) is 38.1 Å². The predicted octanol–water partition coefficient (Wildman–Crippen LogP) is 8.30. The lowest BCUT2D eigenvalue weighted by Gasteiger charge is -2.25. The van der Waals surface area contributed by atoms with Gasteiger partial charge in [-0.3, -0.25) is 9.59 Å². The number of benzene rings is 3. The molecule has 5 atom stereocenters. The highest BCUT2D eigenvalue weighted by Crippen LogP contribution is 2.40. The van der Waals surface area contributed by atoms with Crippen LogP contribution in [0.4, 0.5) is 18.4 Å². The maximum atomic E-state index is 14.9. The average molecular weight is 821 g/mol. The fourth-order valence-electron chi connectivity index (χ4n) is 8.82. The molecule has 3 aromatic carbocycles.